The van der Waals surface area contributed by atoms with Gasteiger partial charge in [0, 0.05) is 36.4 Å². The molecule has 0 saturated heterocycles. The summed E-state index contributed by atoms with van der Waals surface area (Å²) in [7, 11) is 2.04. The highest BCUT2D eigenvalue weighted by atomic mass is 16.1. The van der Waals surface area contributed by atoms with Crippen molar-refractivity contribution in [1.82, 2.24) is 14.9 Å². The lowest BCUT2D eigenvalue weighted by Crippen LogP contribution is -2.24. The van der Waals surface area contributed by atoms with Gasteiger partial charge >= 0.3 is 0 Å². The number of rotatable bonds is 3. The Morgan fingerprint density at radius 2 is 1.95 bits per heavy atom. The number of aromatic nitrogens is 2. The monoisotopic (exact) mass is 279 g/mol. The number of carbonyl (C=O) groups is 1. The maximum atomic E-state index is 12.1. The Labute approximate surface area is 123 Å². The Bertz CT molecular complexity index is 790. The average molecular weight is 279 g/mol. The molecule has 1 aromatic carbocycles. The minimum atomic E-state index is -0.150. The fourth-order valence-electron chi connectivity index (χ4n) is 2.58. The molecule has 3 aromatic rings. The summed E-state index contributed by atoms with van der Waals surface area (Å²) < 4.78 is 2.15. The Morgan fingerprint density at radius 1 is 1.19 bits per heavy atom. The van der Waals surface area contributed by atoms with E-state index in [2.05, 4.69) is 33.9 Å². The largest absolute Gasteiger partial charge is 0.348 e. The molecule has 4 nitrogen and oxygen atoms in total. The number of fused-ring (bicyclic) bond motifs is 1. The molecule has 3 rings (SSSR count). The zero-order valence-corrected chi connectivity index (χ0v) is 12.1. The Balaban J connectivity index is 1.86. The smallest absolute Gasteiger partial charge is 0.270 e. The number of nitrogens with one attached hydrogen (secondary N) is 1. The van der Waals surface area contributed by atoms with Crippen molar-refractivity contribution < 1.29 is 4.79 Å². The van der Waals surface area contributed by atoms with E-state index in [0.717, 1.165) is 11.3 Å². The van der Waals surface area contributed by atoms with Gasteiger partial charge < -0.3 is 9.88 Å². The molecule has 0 bridgehead atoms. The summed E-state index contributed by atoms with van der Waals surface area (Å²) in [4.78, 5) is 16.2. The molecule has 106 valence electrons. The van der Waals surface area contributed by atoms with Crippen LogP contribution < -0.4 is 5.32 Å². The van der Waals surface area contributed by atoms with E-state index in [1.54, 1.807) is 18.3 Å². The van der Waals surface area contributed by atoms with Crippen LogP contribution in [0.2, 0.25) is 0 Å². The molecule has 21 heavy (non-hydrogen) atoms. The van der Waals surface area contributed by atoms with Gasteiger partial charge in [0.25, 0.3) is 5.91 Å². The Hall–Kier alpha value is -2.62. The first-order valence-corrected chi connectivity index (χ1v) is 6.90. The number of aryl methyl sites for hydroxylation is 1. The SMILES string of the molecule is Cc1c(CNC(=O)c2ccccn2)c2ccccc2n1C. The number of nitrogens with zero attached hydrogens (tertiary/aromatic N) is 2. The molecular weight excluding hydrogens is 262 g/mol. The number of hydrogen-bond donors (Lipinski definition) is 1. The highest BCUT2D eigenvalue weighted by molar-refractivity contribution is 5.92. The third-order valence-corrected chi connectivity index (χ3v) is 3.85. The highest BCUT2D eigenvalue weighted by Crippen LogP contribution is 2.24. The van der Waals surface area contributed by atoms with Crippen molar-refractivity contribution >= 4 is 16.8 Å². The third-order valence-electron chi connectivity index (χ3n) is 3.85. The van der Waals surface area contributed by atoms with Crippen LogP contribution in [0, 0.1) is 6.92 Å². The van der Waals surface area contributed by atoms with Gasteiger partial charge in [0.2, 0.25) is 0 Å². The predicted molar refractivity (Wildman–Crippen MR) is 83.1 cm³/mol. The molecule has 1 amide bonds. The molecule has 0 aliphatic heterocycles. The van der Waals surface area contributed by atoms with Gasteiger partial charge in [-0.15, -0.1) is 0 Å². The molecule has 0 saturated carbocycles. The van der Waals surface area contributed by atoms with Gasteiger partial charge in [-0.3, -0.25) is 9.78 Å². The summed E-state index contributed by atoms with van der Waals surface area (Å²) in [5, 5.41) is 4.13. The summed E-state index contributed by atoms with van der Waals surface area (Å²) in [6.07, 6.45) is 1.62. The van der Waals surface area contributed by atoms with Gasteiger partial charge in [-0.05, 0) is 30.7 Å². The first kappa shape index (κ1) is 13.4. The van der Waals surface area contributed by atoms with Crippen LogP contribution in [0.5, 0.6) is 0 Å². The topological polar surface area (TPSA) is 46.9 Å². The summed E-state index contributed by atoms with van der Waals surface area (Å²) in [6, 6.07) is 13.5. The van der Waals surface area contributed by atoms with Crippen LogP contribution >= 0.6 is 0 Å². The lowest BCUT2D eigenvalue weighted by molar-refractivity contribution is 0.0946. The van der Waals surface area contributed by atoms with Crippen LogP contribution in [-0.4, -0.2) is 15.5 Å². The van der Waals surface area contributed by atoms with Crippen LogP contribution in [-0.2, 0) is 13.6 Å². The molecule has 0 spiro atoms. The van der Waals surface area contributed by atoms with Crippen molar-refractivity contribution in [3.8, 4) is 0 Å². The molecule has 0 unspecified atom stereocenters. The average Bonchev–Trinajstić information content (AvgIpc) is 2.78. The first-order chi connectivity index (χ1) is 10.2. The molecule has 0 aliphatic rings. The summed E-state index contributed by atoms with van der Waals surface area (Å²) >= 11 is 0. The summed E-state index contributed by atoms with van der Waals surface area (Å²) in [5.74, 6) is -0.150. The van der Waals surface area contributed by atoms with Gasteiger partial charge in [0.05, 0.1) is 0 Å². The normalized spacial score (nSPS) is 10.8. The van der Waals surface area contributed by atoms with Crippen molar-refractivity contribution in [2.45, 2.75) is 13.5 Å². The molecule has 1 N–H and O–H groups in total. The van der Waals surface area contributed by atoms with Crippen LogP contribution in [0.3, 0.4) is 0 Å². The number of hydrogen-bond acceptors (Lipinski definition) is 2. The van der Waals surface area contributed by atoms with Crippen molar-refractivity contribution in [3.05, 3.63) is 65.6 Å². The second-order valence-electron chi connectivity index (χ2n) is 5.04. The standard InChI is InChI=1S/C17H17N3O/c1-12-14(13-7-3-4-9-16(13)20(12)2)11-19-17(21)15-8-5-6-10-18-15/h3-10H,11H2,1-2H3,(H,19,21). The van der Waals surface area contributed by atoms with Crippen molar-refractivity contribution in [2.75, 3.05) is 0 Å². The van der Waals surface area contributed by atoms with Gasteiger partial charge in [0.1, 0.15) is 5.69 Å². The lowest BCUT2D eigenvalue weighted by Gasteiger charge is -2.05. The number of para-hydroxylation sites is 1. The second kappa shape index (κ2) is 5.40. The maximum absolute atomic E-state index is 12.1. The molecular formula is C17H17N3O. The van der Waals surface area contributed by atoms with E-state index >= 15 is 0 Å². The van der Waals surface area contributed by atoms with Crippen LogP contribution in [0.4, 0.5) is 0 Å². The van der Waals surface area contributed by atoms with Crippen molar-refractivity contribution in [3.63, 3.8) is 0 Å². The van der Waals surface area contributed by atoms with Crippen molar-refractivity contribution in [2.24, 2.45) is 7.05 Å². The fraction of sp³-hybridized carbons (Fsp3) is 0.176. The molecule has 0 atom stereocenters. The molecule has 2 aromatic heterocycles. The van der Waals surface area contributed by atoms with E-state index in [1.165, 1.54) is 10.9 Å². The zero-order chi connectivity index (χ0) is 14.8. The van der Waals surface area contributed by atoms with E-state index in [0.29, 0.717) is 12.2 Å². The lowest BCUT2D eigenvalue weighted by atomic mass is 10.1. The number of carbonyl (C=O) groups excluding carboxylic acids is 1. The quantitative estimate of drug-likeness (QED) is 0.801. The zero-order valence-electron chi connectivity index (χ0n) is 12.1. The Kier molecular flexibility index (Phi) is 3.44. The van der Waals surface area contributed by atoms with E-state index < -0.39 is 0 Å². The van der Waals surface area contributed by atoms with E-state index in [1.807, 2.05) is 25.2 Å². The maximum Gasteiger partial charge on any atom is 0.270 e. The summed E-state index contributed by atoms with van der Waals surface area (Å²) in [6.45, 7) is 2.57. The number of amides is 1. The number of pyridine rings is 1. The van der Waals surface area contributed by atoms with E-state index in [9.17, 15) is 4.79 Å². The molecule has 0 aliphatic carbocycles. The summed E-state index contributed by atoms with van der Waals surface area (Å²) in [5.41, 5.74) is 3.93. The third kappa shape index (κ3) is 2.40. The van der Waals surface area contributed by atoms with Crippen LogP contribution in [0.1, 0.15) is 21.7 Å². The number of benzene rings is 1. The van der Waals surface area contributed by atoms with Gasteiger partial charge in [-0.2, -0.15) is 0 Å². The Morgan fingerprint density at radius 3 is 2.71 bits per heavy atom. The second-order valence-corrected chi connectivity index (χ2v) is 5.04. The molecule has 4 heteroatoms. The van der Waals surface area contributed by atoms with Gasteiger partial charge in [0.15, 0.2) is 0 Å². The van der Waals surface area contributed by atoms with Crippen LogP contribution in [0.15, 0.2) is 48.7 Å². The molecule has 2 heterocycles. The van der Waals surface area contributed by atoms with E-state index in [4.69, 9.17) is 0 Å². The van der Waals surface area contributed by atoms with E-state index in [-0.39, 0.29) is 5.91 Å². The fourth-order valence-corrected chi connectivity index (χ4v) is 2.58. The first-order valence-electron chi connectivity index (χ1n) is 6.90. The highest BCUT2D eigenvalue weighted by Gasteiger charge is 2.13. The van der Waals surface area contributed by atoms with Gasteiger partial charge in [-0.1, -0.05) is 24.3 Å². The minimum absolute atomic E-state index is 0.150. The molecule has 0 radical (unpaired) electrons. The van der Waals surface area contributed by atoms with Crippen molar-refractivity contribution in [1.29, 1.82) is 0 Å². The molecule has 0 fully saturated rings. The van der Waals surface area contributed by atoms with Gasteiger partial charge in [-0.25, -0.2) is 0 Å². The predicted octanol–water partition coefficient (Wildman–Crippen LogP) is 2.81. The van der Waals surface area contributed by atoms with Crippen LogP contribution in [0.25, 0.3) is 10.9 Å². The minimum Gasteiger partial charge on any atom is -0.348 e.